The number of ether oxygens (including phenoxy) is 1. The molecule has 0 aromatic heterocycles. The van der Waals surface area contributed by atoms with Gasteiger partial charge in [0.1, 0.15) is 12.0 Å². The maximum Gasteiger partial charge on any atom is 0.315 e. The predicted octanol–water partition coefficient (Wildman–Crippen LogP) is 0.561. The van der Waals surface area contributed by atoms with Crippen molar-refractivity contribution in [1.82, 2.24) is 0 Å². The molecule has 3 nitrogen and oxygen atoms in total. The van der Waals surface area contributed by atoms with Gasteiger partial charge in [0.25, 0.3) is 0 Å². The minimum Gasteiger partial charge on any atom is -1.00 e. The van der Waals surface area contributed by atoms with Crippen molar-refractivity contribution in [2.45, 2.75) is 39.2 Å². The van der Waals surface area contributed by atoms with E-state index in [4.69, 9.17) is 4.74 Å². The fourth-order valence-corrected chi connectivity index (χ4v) is 4.36. The maximum atomic E-state index is 12.4. The van der Waals surface area contributed by atoms with Crippen LogP contribution in [0.3, 0.4) is 0 Å². The number of carbonyl (C=O) groups excluding carboxylic acids is 1. The van der Waals surface area contributed by atoms with Crippen LogP contribution in [0.4, 0.5) is 0 Å². The molecule has 4 heteroatoms. The maximum absolute atomic E-state index is 12.4. The van der Waals surface area contributed by atoms with Crippen LogP contribution in [-0.2, 0) is 9.53 Å². The lowest BCUT2D eigenvalue weighted by Gasteiger charge is -2.39. The van der Waals surface area contributed by atoms with Gasteiger partial charge < -0.3 is 26.2 Å². The second-order valence-electron chi connectivity index (χ2n) is 7.07. The molecule has 0 N–H and O–H groups in total. The number of hydrogen-bond acceptors (Lipinski definition) is 2. The molecule has 1 aromatic rings. The van der Waals surface area contributed by atoms with Gasteiger partial charge in [-0.2, -0.15) is 0 Å². The van der Waals surface area contributed by atoms with E-state index in [9.17, 15) is 4.79 Å². The standard InChI is InChI=1S/C19H28NO2.BrH/c1-3-4-12-22-19(21)18-14-20(11-10-17(18)13-20)15(2)16-8-6-5-7-9-16;/h5-9,15,17-18H,3-4,10-14H2,1-2H3;1H/q+1;/p-1/t15-,17+,18-,20?;/m1./s1. The van der Waals surface area contributed by atoms with Gasteiger partial charge in [-0.1, -0.05) is 43.7 Å². The number of carbonyl (C=O) groups is 1. The van der Waals surface area contributed by atoms with E-state index < -0.39 is 0 Å². The summed E-state index contributed by atoms with van der Waals surface area (Å²) in [7, 11) is 0. The Morgan fingerprint density at radius 1 is 1.30 bits per heavy atom. The molecule has 2 bridgehead atoms. The number of hydrogen-bond donors (Lipinski definition) is 0. The SMILES string of the molecule is CCCCOC(=O)[C@@H]1C[N+]2([C@H](C)c3ccccc3)CC[C@H]1C2.[Br-]. The number of unbranched alkanes of at least 4 members (excludes halogenated alkanes) is 1. The minimum atomic E-state index is 0. The van der Waals surface area contributed by atoms with Crippen molar-refractivity contribution in [1.29, 1.82) is 0 Å². The molecule has 3 rings (SSSR count). The molecule has 1 unspecified atom stereocenters. The van der Waals surface area contributed by atoms with E-state index in [0.717, 1.165) is 30.4 Å². The third kappa shape index (κ3) is 3.63. The summed E-state index contributed by atoms with van der Waals surface area (Å²) >= 11 is 0. The van der Waals surface area contributed by atoms with Gasteiger partial charge >= 0.3 is 5.97 Å². The van der Waals surface area contributed by atoms with Crippen LogP contribution < -0.4 is 17.0 Å². The number of quaternary nitrogens is 1. The van der Waals surface area contributed by atoms with Crippen LogP contribution in [0, 0.1) is 11.8 Å². The van der Waals surface area contributed by atoms with Crippen LogP contribution in [-0.4, -0.2) is 36.7 Å². The zero-order chi connectivity index (χ0) is 15.6. The van der Waals surface area contributed by atoms with E-state index >= 15 is 0 Å². The zero-order valence-electron chi connectivity index (χ0n) is 14.2. The first-order valence-electron chi connectivity index (χ1n) is 8.73. The highest BCUT2D eigenvalue weighted by molar-refractivity contribution is 5.73. The molecule has 128 valence electrons. The smallest absolute Gasteiger partial charge is 0.315 e. The molecule has 2 saturated heterocycles. The summed E-state index contributed by atoms with van der Waals surface area (Å²) in [6, 6.07) is 11.2. The Bertz CT molecular complexity index is 521. The highest BCUT2D eigenvalue weighted by Gasteiger charge is 2.56. The third-order valence-electron chi connectivity index (χ3n) is 5.82. The second-order valence-corrected chi connectivity index (χ2v) is 7.07. The lowest BCUT2D eigenvalue weighted by Crippen LogP contribution is -3.00. The van der Waals surface area contributed by atoms with Crippen molar-refractivity contribution in [2.24, 2.45) is 11.8 Å². The fourth-order valence-electron chi connectivity index (χ4n) is 4.36. The fraction of sp³-hybridized carbons (Fsp3) is 0.632. The normalized spacial score (nSPS) is 29.8. The van der Waals surface area contributed by atoms with Crippen LogP contribution in [0.1, 0.15) is 44.7 Å². The number of halogens is 1. The number of nitrogens with zero attached hydrogens (tertiary/aromatic N) is 1. The van der Waals surface area contributed by atoms with E-state index in [2.05, 4.69) is 44.2 Å². The Morgan fingerprint density at radius 3 is 2.74 bits per heavy atom. The summed E-state index contributed by atoms with van der Waals surface area (Å²) in [5, 5.41) is 0. The molecule has 0 amide bonds. The number of benzene rings is 1. The molecule has 0 saturated carbocycles. The summed E-state index contributed by atoms with van der Waals surface area (Å²) in [4.78, 5) is 12.4. The molecule has 4 atom stereocenters. The lowest BCUT2D eigenvalue weighted by molar-refractivity contribution is -0.938. The highest BCUT2D eigenvalue weighted by atomic mass is 79.9. The van der Waals surface area contributed by atoms with E-state index in [1.54, 1.807) is 0 Å². The van der Waals surface area contributed by atoms with Gasteiger partial charge in [-0.25, -0.2) is 0 Å². The van der Waals surface area contributed by atoms with Crippen molar-refractivity contribution in [3.8, 4) is 0 Å². The number of rotatable bonds is 6. The molecule has 2 heterocycles. The Labute approximate surface area is 150 Å². The van der Waals surface area contributed by atoms with E-state index in [-0.39, 0.29) is 28.9 Å². The number of esters is 1. The van der Waals surface area contributed by atoms with Crippen LogP contribution in [0.2, 0.25) is 0 Å². The van der Waals surface area contributed by atoms with Crippen LogP contribution >= 0.6 is 0 Å². The van der Waals surface area contributed by atoms with Gasteiger partial charge in [-0.3, -0.25) is 4.79 Å². The van der Waals surface area contributed by atoms with Crippen molar-refractivity contribution in [3.63, 3.8) is 0 Å². The zero-order valence-corrected chi connectivity index (χ0v) is 15.8. The molecule has 1 aromatic carbocycles. The molecule has 2 fully saturated rings. The summed E-state index contributed by atoms with van der Waals surface area (Å²) in [6.45, 7) is 8.35. The molecule has 23 heavy (non-hydrogen) atoms. The van der Waals surface area contributed by atoms with E-state index in [1.165, 1.54) is 18.5 Å². The van der Waals surface area contributed by atoms with Gasteiger partial charge in [-0.05, 0) is 13.3 Å². The molecule has 2 aliphatic rings. The molecule has 0 radical (unpaired) electrons. The number of piperidine rings is 1. The summed E-state index contributed by atoms with van der Waals surface area (Å²) in [5.41, 5.74) is 1.39. The van der Waals surface area contributed by atoms with Crippen molar-refractivity contribution in [3.05, 3.63) is 35.9 Å². The molecule has 0 aliphatic carbocycles. The predicted molar refractivity (Wildman–Crippen MR) is 87.2 cm³/mol. The molecular weight excluding hydrogens is 354 g/mol. The van der Waals surface area contributed by atoms with Gasteiger partial charge in [0.2, 0.25) is 0 Å². The Hall–Kier alpha value is -0.870. The first-order chi connectivity index (χ1) is 10.7. The summed E-state index contributed by atoms with van der Waals surface area (Å²) in [5.74, 6) is 0.704. The average molecular weight is 382 g/mol. The van der Waals surface area contributed by atoms with Crippen LogP contribution in [0.5, 0.6) is 0 Å². The minimum absolute atomic E-state index is 0. The average Bonchev–Trinajstić information content (AvgIpc) is 3.15. The van der Waals surface area contributed by atoms with Gasteiger partial charge in [-0.15, -0.1) is 0 Å². The topological polar surface area (TPSA) is 26.3 Å². The Kier molecular flexibility index (Phi) is 6.26. The quantitative estimate of drug-likeness (QED) is 0.408. The van der Waals surface area contributed by atoms with E-state index in [1.807, 2.05) is 0 Å². The van der Waals surface area contributed by atoms with Gasteiger partial charge in [0.05, 0.1) is 26.2 Å². The van der Waals surface area contributed by atoms with Crippen LogP contribution in [0.25, 0.3) is 0 Å². The first-order valence-corrected chi connectivity index (χ1v) is 8.73. The second kappa shape index (κ2) is 7.80. The van der Waals surface area contributed by atoms with Crippen molar-refractivity contribution >= 4 is 5.97 Å². The lowest BCUT2D eigenvalue weighted by atomic mass is 9.92. The first kappa shape index (κ1) is 18.5. The Morgan fingerprint density at radius 2 is 2.04 bits per heavy atom. The molecule has 2 aliphatic heterocycles. The van der Waals surface area contributed by atoms with Crippen molar-refractivity contribution in [2.75, 3.05) is 26.2 Å². The van der Waals surface area contributed by atoms with Gasteiger partial charge in [0, 0.05) is 17.9 Å². The van der Waals surface area contributed by atoms with E-state index in [0.29, 0.717) is 18.6 Å². The van der Waals surface area contributed by atoms with Crippen LogP contribution in [0.15, 0.2) is 30.3 Å². The third-order valence-corrected chi connectivity index (χ3v) is 5.82. The Balaban J connectivity index is 0.00000192. The molecular formula is C19H28BrNO2. The summed E-state index contributed by atoms with van der Waals surface area (Å²) < 4.78 is 6.57. The summed E-state index contributed by atoms with van der Waals surface area (Å²) in [6.07, 6.45) is 3.22. The monoisotopic (exact) mass is 381 g/mol. The molecule has 0 spiro atoms. The number of fused-ring (bicyclic) bond motifs is 2. The largest absolute Gasteiger partial charge is 1.00 e. The van der Waals surface area contributed by atoms with Gasteiger partial charge in [0.15, 0.2) is 0 Å². The van der Waals surface area contributed by atoms with Crippen molar-refractivity contribution < 1.29 is 31.0 Å². The highest BCUT2D eigenvalue weighted by Crippen LogP contribution is 2.46.